The summed E-state index contributed by atoms with van der Waals surface area (Å²) in [4.78, 5) is 11.5. The highest BCUT2D eigenvalue weighted by Crippen LogP contribution is 2.19. The number of likely N-dealkylation sites (tertiary alicyclic amines) is 1. The first-order valence-corrected chi connectivity index (χ1v) is 11.1. The minimum absolute atomic E-state index is 0.527. The summed E-state index contributed by atoms with van der Waals surface area (Å²) in [6, 6.07) is 21.7. The van der Waals surface area contributed by atoms with Crippen LogP contribution in [0.3, 0.4) is 0 Å². The SMILES string of the molecule is CN=C(NCc1nccn1Cc1ccccc1)NCC1CCCN1Cc1ccccc1. The molecule has 0 spiro atoms. The highest BCUT2D eigenvalue weighted by molar-refractivity contribution is 5.79. The minimum atomic E-state index is 0.527. The van der Waals surface area contributed by atoms with Crippen molar-refractivity contribution in [1.82, 2.24) is 25.1 Å². The van der Waals surface area contributed by atoms with Crippen LogP contribution in [0.5, 0.6) is 0 Å². The molecule has 0 aliphatic carbocycles. The van der Waals surface area contributed by atoms with Crippen molar-refractivity contribution in [1.29, 1.82) is 0 Å². The van der Waals surface area contributed by atoms with Crippen molar-refractivity contribution in [3.05, 3.63) is 90.0 Å². The second kappa shape index (κ2) is 10.8. The van der Waals surface area contributed by atoms with E-state index in [4.69, 9.17) is 0 Å². The summed E-state index contributed by atoms with van der Waals surface area (Å²) in [5.74, 6) is 1.82. The van der Waals surface area contributed by atoms with Gasteiger partial charge in [-0.2, -0.15) is 0 Å². The van der Waals surface area contributed by atoms with E-state index in [2.05, 4.69) is 84.7 Å². The Hall–Kier alpha value is -3.12. The Bertz CT molecular complexity index is 950. The summed E-state index contributed by atoms with van der Waals surface area (Å²) in [5, 5.41) is 6.94. The van der Waals surface area contributed by atoms with Gasteiger partial charge in [-0.3, -0.25) is 9.89 Å². The molecular weight excluding hydrogens is 384 g/mol. The van der Waals surface area contributed by atoms with Gasteiger partial charge in [0.25, 0.3) is 0 Å². The van der Waals surface area contributed by atoms with Gasteiger partial charge in [-0.1, -0.05) is 60.7 Å². The van der Waals surface area contributed by atoms with Gasteiger partial charge in [0.15, 0.2) is 5.96 Å². The maximum Gasteiger partial charge on any atom is 0.191 e. The summed E-state index contributed by atoms with van der Waals surface area (Å²) in [5.41, 5.74) is 2.64. The van der Waals surface area contributed by atoms with Crippen LogP contribution in [0.25, 0.3) is 0 Å². The Labute approximate surface area is 185 Å². The minimum Gasteiger partial charge on any atom is -0.355 e. The average Bonchev–Trinajstić information content (AvgIpc) is 3.44. The molecule has 0 bridgehead atoms. The maximum absolute atomic E-state index is 4.52. The quantitative estimate of drug-likeness (QED) is 0.437. The van der Waals surface area contributed by atoms with Gasteiger partial charge in [0.05, 0.1) is 6.54 Å². The number of aliphatic imine (C=N–C) groups is 1. The van der Waals surface area contributed by atoms with Crippen molar-refractivity contribution in [3.8, 4) is 0 Å². The monoisotopic (exact) mass is 416 g/mol. The first-order valence-electron chi connectivity index (χ1n) is 11.1. The van der Waals surface area contributed by atoms with Crippen LogP contribution in [0.1, 0.15) is 29.8 Å². The summed E-state index contributed by atoms with van der Waals surface area (Å²) in [6.07, 6.45) is 6.36. The normalized spacial score (nSPS) is 17.1. The van der Waals surface area contributed by atoms with Crippen LogP contribution >= 0.6 is 0 Å². The third kappa shape index (κ3) is 5.95. The van der Waals surface area contributed by atoms with Gasteiger partial charge >= 0.3 is 0 Å². The molecule has 0 radical (unpaired) electrons. The second-order valence-corrected chi connectivity index (χ2v) is 8.02. The highest BCUT2D eigenvalue weighted by Gasteiger charge is 2.24. The molecule has 1 fully saturated rings. The van der Waals surface area contributed by atoms with Gasteiger partial charge < -0.3 is 15.2 Å². The van der Waals surface area contributed by atoms with Gasteiger partial charge in [-0.05, 0) is 30.5 Å². The number of nitrogens with zero attached hydrogens (tertiary/aromatic N) is 4. The number of guanidine groups is 1. The topological polar surface area (TPSA) is 57.5 Å². The maximum atomic E-state index is 4.52. The van der Waals surface area contributed by atoms with Gasteiger partial charge in [-0.25, -0.2) is 4.98 Å². The first kappa shape index (κ1) is 21.1. The summed E-state index contributed by atoms with van der Waals surface area (Å²) >= 11 is 0. The Kier molecular flexibility index (Phi) is 7.34. The van der Waals surface area contributed by atoms with Crippen LogP contribution in [0.2, 0.25) is 0 Å². The Morgan fingerprint density at radius 2 is 1.71 bits per heavy atom. The Morgan fingerprint density at radius 1 is 1.00 bits per heavy atom. The average molecular weight is 417 g/mol. The molecule has 1 aliphatic rings. The molecule has 162 valence electrons. The van der Waals surface area contributed by atoms with Crippen molar-refractivity contribution in [2.45, 2.75) is 38.5 Å². The lowest BCUT2D eigenvalue weighted by Crippen LogP contribution is -2.44. The predicted molar refractivity (Wildman–Crippen MR) is 126 cm³/mol. The summed E-state index contributed by atoms with van der Waals surface area (Å²) in [6.45, 7) is 4.52. The van der Waals surface area contributed by atoms with E-state index in [1.54, 1.807) is 0 Å². The van der Waals surface area contributed by atoms with Crippen molar-refractivity contribution in [2.75, 3.05) is 20.1 Å². The third-order valence-electron chi connectivity index (χ3n) is 5.87. The highest BCUT2D eigenvalue weighted by atomic mass is 15.2. The number of aromatic nitrogens is 2. The fourth-order valence-electron chi connectivity index (χ4n) is 4.18. The third-order valence-corrected chi connectivity index (χ3v) is 5.87. The molecule has 1 aliphatic heterocycles. The van der Waals surface area contributed by atoms with Crippen molar-refractivity contribution < 1.29 is 0 Å². The molecule has 2 heterocycles. The Morgan fingerprint density at radius 3 is 2.42 bits per heavy atom. The molecule has 1 unspecified atom stereocenters. The lowest BCUT2D eigenvalue weighted by molar-refractivity contribution is 0.245. The number of imidazole rings is 1. The van der Waals surface area contributed by atoms with Gasteiger partial charge in [0.1, 0.15) is 5.82 Å². The smallest absolute Gasteiger partial charge is 0.191 e. The predicted octanol–water partition coefficient (Wildman–Crippen LogP) is 3.26. The van der Waals surface area contributed by atoms with E-state index in [9.17, 15) is 0 Å². The van der Waals surface area contributed by atoms with Gasteiger partial charge in [0.2, 0.25) is 0 Å². The molecule has 1 aromatic heterocycles. The van der Waals surface area contributed by atoms with Crippen LogP contribution in [0.4, 0.5) is 0 Å². The number of benzene rings is 2. The lowest BCUT2D eigenvalue weighted by atomic mass is 10.2. The standard InChI is InChI=1S/C25H32N6/c1-26-25(28-17-23-13-8-15-30(23)19-21-9-4-2-5-10-21)29-18-24-27-14-16-31(24)20-22-11-6-3-7-12-22/h2-7,9-12,14,16,23H,8,13,15,17-20H2,1H3,(H2,26,28,29). The molecule has 3 aromatic rings. The second-order valence-electron chi connectivity index (χ2n) is 8.02. The zero-order valence-corrected chi connectivity index (χ0v) is 18.2. The molecule has 6 nitrogen and oxygen atoms in total. The summed E-state index contributed by atoms with van der Waals surface area (Å²) in [7, 11) is 1.82. The van der Waals surface area contributed by atoms with E-state index >= 15 is 0 Å². The molecule has 0 saturated carbocycles. The zero-order chi connectivity index (χ0) is 21.3. The Balaban J connectivity index is 1.27. The van der Waals surface area contributed by atoms with E-state index in [0.717, 1.165) is 38.0 Å². The van der Waals surface area contributed by atoms with Crippen LogP contribution in [-0.2, 0) is 19.6 Å². The van der Waals surface area contributed by atoms with Crippen molar-refractivity contribution in [2.24, 2.45) is 4.99 Å². The molecule has 1 atom stereocenters. The van der Waals surface area contributed by atoms with Crippen molar-refractivity contribution in [3.63, 3.8) is 0 Å². The largest absolute Gasteiger partial charge is 0.355 e. The molecule has 1 saturated heterocycles. The van der Waals surface area contributed by atoms with Crippen LogP contribution in [0.15, 0.2) is 78.0 Å². The first-order chi connectivity index (χ1) is 15.3. The van der Waals surface area contributed by atoms with E-state index < -0.39 is 0 Å². The number of hydrogen-bond donors (Lipinski definition) is 2. The number of nitrogens with one attached hydrogen (secondary N) is 2. The molecule has 0 amide bonds. The summed E-state index contributed by atoms with van der Waals surface area (Å²) < 4.78 is 2.17. The van der Waals surface area contributed by atoms with Crippen LogP contribution < -0.4 is 10.6 Å². The van der Waals surface area contributed by atoms with Crippen LogP contribution in [0, 0.1) is 0 Å². The number of rotatable bonds is 8. The van der Waals surface area contributed by atoms with E-state index in [-0.39, 0.29) is 0 Å². The lowest BCUT2D eigenvalue weighted by Gasteiger charge is -2.25. The van der Waals surface area contributed by atoms with Crippen molar-refractivity contribution >= 4 is 5.96 Å². The molecule has 2 N–H and O–H groups in total. The molecular formula is C25H32N6. The zero-order valence-electron chi connectivity index (χ0n) is 18.2. The molecule has 4 rings (SSSR count). The van der Waals surface area contributed by atoms with E-state index in [1.165, 1.54) is 24.0 Å². The molecule has 2 aromatic carbocycles. The molecule has 31 heavy (non-hydrogen) atoms. The fraction of sp³-hybridized carbons (Fsp3) is 0.360. The number of hydrogen-bond acceptors (Lipinski definition) is 3. The van der Waals surface area contributed by atoms with Gasteiger partial charge in [-0.15, -0.1) is 0 Å². The molecule has 6 heteroatoms. The fourth-order valence-corrected chi connectivity index (χ4v) is 4.18. The van der Waals surface area contributed by atoms with Gasteiger partial charge in [0, 0.05) is 45.1 Å². The van der Waals surface area contributed by atoms with E-state index in [0.29, 0.717) is 12.6 Å². The van der Waals surface area contributed by atoms with E-state index in [1.807, 2.05) is 25.5 Å². The van der Waals surface area contributed by atoms with Crippen LogP contribution in [-0.4, -0.2) is 46.6 Å².